The first kappa shape index (κ1) is 17.0. The van der Waals surface area contributed by atoms with Crippen molar-refractivity contribution in [2.45, 2.75) is 44.9 Å². The lowest BCUT2D eigenvalue weighted by atomic mass is 9.89. The van der Waals surface area contributed by atoms with E-state index in [-0.39, 0.29) is 18.2 Å². The molecule has 2 bridgehead atoms. The van der Waals surface area contributed by atoms with Crippen molar-refractivity contribution >= 4 is 22.6 Å². The zero-order valence-corrected chi connectivity index (χ0v) is 15.4. The van der Waals surface area contributed by atoms with E-state index in [2.05, 4.69) is 35.3 Å². The molecule has 1 aromatic carbocycles. The van der Waals surface area contributed by atoms with E-state index in [1.54, 1.807) is 0 Å². The smallest absolute Gasteiger partial charge is 0.411 e. The van der Waals surface area contributed by atoms with E-state index < -0.39 is 5.60 Å². The molecule has 136 valence electrons. The number of aromatic nitrogens is 1. The Labute approximate surface area is 153 Å². The fraction of sp³-hybridized carbons (Fsp3) is 0.429. The largest absolute Gasteiger partial charge is 0.444 e. The van der Waals surface area contributed by atoms with Gasteiger partial charge in [-0.25, -0.2) is 4.79 Å². The Morgan fingerprint density at radius 3 is 2.88 bits per heavy atom. The number of amides is 1. The van der Waals surface area contributed by atoms with Crippen LogP contribution in [-0.2, 0) is 9.47 Å². The van der Waals surface area contributed by atoms with Crippen LogP contribution >= 0.6 is 0 Å². The van der Waals surface area contributed by atoms with Gasteiger partial charge in [-0.3, -0.25) is 9.88 Å². The van der Waals surface area contributed by atoms with Crippen molar-refractivity contribution in [1.82, 2.24) is 9.88 Å². The summed E-state index contributed by atoms with van der Waals surface area (Å²) < 4.78 is 11.3. The molecule has 0 aliphatic carbocycles. The molecule has 1 fully saturated rings. The highest BCUT2D eigenvalue weighted by molar-refractivity contribution is 5.84. The van der Waals surface area contributed by atoms with Gasteiger partial charge in [0.25, 0.3) is 0 Å². The van der Waals surface area contributed by atoms with Crippen molar-refractivity contribution in [1.29, 1.82) is 0 Å². The van der Waals surface area contributed by atoms with Gasteiger partial charge in [-0.1, -0.05) is 18.2 Å². The number of carbonyl (C=O) groups excluding carboxylic acids is 1. The van der Waals surface area contributed by atoms with Crippen LogP contribution in [-0.4, -0.2) is 46.9 Å². The summed E-state index contributed by atoms with van der Waals surface area (Å²) in [6, 6.07) is 10.3. The number of morpholine rings is 1. The van der Waals surface area contributed by atoms with Crippen LogP contribution in [0.2, 0.25) is 0 Å². The maximum Gasteiger partial charge on any atom is 0.411 e. The fourth-order valence-electron chi connectivity index (χ4n) is 3.68. The minimum absolute atomic E-state index is 0.00759. The van der Waals surface area contributed by atoms with Crippen molar-refractivity contribution in [3.05, 3.63) is 48.2 Å². The molecule has 1 amide bonds. The minimum atomic E-state index is -0.498. The Morgan fingerprint density at radius 1 is 1.27 bits per heavy atom. The van der Waals surface area contributed by atoms with Crippen LogP contribution < -0.4 is 0 Å². The summed E-state index contributed by atoms with van der Waals surface area (Å²) in [6.45, 7) is 6.74. The van der Waals surface area contributed by atoms with Gasteiger partial charge in [0, 0.05) is 11.6 Å². The van der Waals surface area contributed by atoms with Gasteiger partial charge in [0.05, 0.1) is 30.8 Å². The molecule has 1 saturated heterocycles. The highest BCUT2D eigenvalue weighted by Gasteiger charge is 2.40. The molecule has 2 aliphatic rings. The molecule has 0 radical (unpaired) electrons. The van der Waals surface area contributed by atoms with Crippen LogP contribution in [0.3, 0.4) is 0 Å². The second kappa shape index (κ2) is 6.40. The molecule has 2 atom stereocenters. The molecule has 0 N–H and O–H groups in total. The van der Waals surface area contributed by atoms with Crippen LogP contribution in [0.5, 0.6) is 0 Å². The van der Waals surface area contributed by atoms with E-state index in [4.69, 9.17) is 9.47 Å². The minimum Gasteiger partial charge on any atom is -0.444 e. The monoisotopic (exact) mass is 352 g/mol. The third-order valence-electron chi connectivity index (χ3n) is 4.78. The van der Waals surface area contributed by atoms with Crippen LogP contribution in [0.4, 0.5) is 4.79 Å². The van der Waals surface area contributed by atoms with E-state index in [9.17, 15) is 4.79 Å². The van der Waals surface area contributed by atoms with E-state index >= 15 is 0 Å². The van der Waals surface area contributed by atoms with Crippen LogP contribution in [0, 0.1) is 0 Å². The highest BCUT2D eigenvalue weighted by Crippen LogP contribution is 2.34. The van der Waals surface area contributed by atoms with Crippen molar-refractivity contribution < 1.29 is 14.3 Å². The summed E-state index contributed by atoms with van der Waals surface area (Å²) in [5.74, 6) is 0. The molecule has 5 heteroatoms. The summed E-state index contributed by atoms with van der Waals surface area (Å²) in [4.78, 5) is 18.9. The zero-order chi connectivity index (χ0) is 18.3. The van der Waals surface area contributed by atoms with E-state index in [1.165, 1.54) is 11.1 Å². The summed E-state index contributed by atoms with van der Waals surface area (Å²) in [6.07, 6.45) is 4.47. The maximum absolute atomic E-state index is 12.7. The second-order valence-corrected chi connectivity index (χ2v) is 7.95. The fourth-order valence-corrected chi connectivity index (χ4v) is 3.68. The van der Waals surface area contributed by atoms with Gasteiger partial charge >= 0.3 is 6.09 Å². The first-order valence-corrected chi connectivity index (χ1v) is 9.06. The molecular formula is C21H24N2O3. The standard InChI is InChI=1S/C21H24N2O3/c1-21(2,3)26-20(24)23-17-10-16(11-18(23)13-25-12-17)14-6-7-19-15(9-14)5-4-8-22-19/h4-10,17-18H,11-13H2,1-3H3. The number of carbonyl (C=O) groups is 1. The van der Waals surface area contributed by atoms with E-state index in [0.29, 0.717) is 13.2 Å². The first-order valence-electron chi connectivity index (χ1n) is 9.06. The summed E-state index contributed by atoms with van der Waals surface area (Å²) in [5.41, 5.74) is 2.94. The average molecular weight is 352 g/mol. The first-order chi connectivity index (χ1) is 12.4. The molecule has 1 aromatic heterocycles. The molecule has 3 heterocycles. The number of rotatable bonds is 1. The zero-order valence-electron chi connectivity index (χ0n) is 15.4. The summed E-state index contributed by atoms with van der Waals surface area (Å²) in [7, 11) is 0. The van der Waals surface area contributed by atoms with Gasteiger partial charge in [0.2, 0.25) is 0 Å². The molecule has 2 unspecified atom stereocenters. The summed E-state index contributed by atoms with van der Waals surface area (Å²) in [5, 5.41) is 1.13. The van der Waals surface area contributed by atoms with Gasteiger partial charge in [-0.2, -0.15) is 0 Å². The van der Waals surface area contributed by atoms with Gasteiger partial charge in [-0.05, 0) is 56.5 Å². The Morgan fingerprint density at radius 2 is 2.12 bits per heavy atom. The molecule has 0 spiro atoms. The lowest BCUT2D eigenvalue weighted by Crippen LogP contribution is -2.57. The number of fused-ring (bicyclic) bond motifs is 3. The van der Waals surface area contributed by atoms with Gasteiger partial charge in [-0.15, -0.1) is 0 Å². The normalized spacial score (nSPS) is 22.9. The maximum atomic E-state index is 12.7. The van der Waals surface area contributed by atoms with Gasteiger partial charge in [0.1, 0.15) is 5.60 Å². The number of ether oxygens (including phenoxy) is 2. The van der Waals surface area contributed by atoms with Crippen LogP contribution in [0.15, 0.2) is 42.6 Å². The predicted molar refractivity (Wildman–Crippen MR) is 101 cm³/mol. The Bertz CT molecular complexity index is 869. The molecule has 5 nitrogen and oxygen atoms in total. The van der Waals surface area contributed by atoms with E-state index in [0.717, 1.165) is 17.3 Å². The molecule has 2 aliphatic heterocycles. The Balaban J connectivity index is 1.64. The third kappa shape index (κ3) is 3.31. The predicted octanol–water partition coefficient (Wildman–Crippen LogP) is 4.03. The van der Waals surface area contributed by atoms with Crippen LogP contribution in [0.1, 0.15) is 32.8 Å². The van der Waals surface area contributed by atoms with E-state index in [1.807, 2.05) is 37.9 Å². The Hall–Kier alpha value is -2.40. The van der Waals surface area contributed by atoms with Gasteiger partial charge in [0.15, 0.2) is 0 Å². The van der Waals surface area contributed by atoms with Crippen molar-refractivity contribution in [3.63, 3.8) is 0 Å². The molecule has 2 aromatic rings. The number of pyridine rings is 1. The Kier molecular flexibility index (Phi) is 4.19. The van der Waals surface area contributed by atoms with Crippen molar-refractivity contribution in [3.8, 4) is 0 Å². The van der Waals surface area contributed by atoms with Crippen molar-refractivity contribution in [2.75, 3.05) is 13.2 Å². The quantitative estimate of drug-likeness (QED) is 0.778. The SMILES string of the molecule is CC(C)(C)OC(=O)N1C2C=C(c3ccc4ncccc4c3)CC1COC2. The molecule has 26 heavy (non-hydrogen) atoms. The molecular weight excluding hydrogens is 328 g/mol. The van der Waals surface area contributed by atoms with Crippen molar-refractivity contribution in [2.24, 2.45) is 0 Å². The number of benzene rings is 1. The van der Waals surface area contributed by atoms with Crippen LogP contribution in [0.25, 0.3) is 16.5 Å². The number of nitrogens with zero attached hydrogens (tertiary/aromatic N) is 2. The lowest BCUT2D eigenvalue weighted by Gasteiger charge is -2.44. The summed E-state index contributed by atoms with van der Waals surface area (Å²) >= 11 is 0. The second-order valence-electron chi connectivity index (χ2n) is 7.95. The third-order valence-corrected chi connectivity index (χ3v) is 4.78. The molecule has 4 rings (SSSR count). The van der Waals surface area contributed by atoms with Gasteiger partial charge < -0.3 is 9.47 Å². The number of hydrogen-bond donors (Lipinski definition) is 0. The highest BCUT2D eigenvalue weighted by atomic mass is 16.6. The molecule has 0 saturated carbocycles. The average Bonchev–Trinajstić information content (AvgIpc) is 2.58. The number of hydrogen-bond acceptors (Lipinski definition) is 4. The lowest BCUT2D eigenvalue weighted by molar-refractivity contribution is -0.0510. The topological polar surface area (TPSA) is 51.7 Å².